The molecule has 2 heterocycles. The average Bonchev–Trinajstić information content (AvgIpc) is 3.30. The van der Waals surface area contributed by atoms with Crippen molar-refractivity contribution in [3.05, 3.63) is 65.5 Å². The van der Waals surface area contributed by atoms with Crippen LogP contribution in [-0.4, -0.2) is 56.1 Å². The van der Waals surface area contributed by atoms with Gasteiger partial charge in [0.2, 0.25) is 10.0 Å². The lowest BCUT2D eigenvalue weighted by atomic mass is 10.1. The number of aromatic nitrogens is 1. The molecule has 3 aromatic rings. The Labute approximate surface area is 212 Å². The highest BCUT2D eigenvalue weighted by Crippen LogP contribution is 2.42. The number of aromatic amines is 1. The van der Waals surface area contributed by atoms with E-state index in [9.17, 15) is 26.8 Å². The van der Waals surface area contributed by atoms with Gasteiger partial charge in [-0.25, -0.2) is 17.2 Å². The van der Waals surface area contributed by atoms with Gasteiger partial charge in [0.15, 0.2) is 17.3 Å². The maximum Gasteiger partial charge on any atom is 0.273 e. The van der Waals surface area contributed by atoms with Crippen LogP contribution in [0.5, 0.6) is 11.5 Å². The van der Waals surface area contributed by atoms with Crippen molar-refractivity contribution in [2.75, 3.05) is 35.6 Å². The Balaban J connectivity index is 1.85. The lowest BCUT2D eigenvalue weighted by Gasteiger charge is -2.35. The molecule has 1 aliphatic rings. The number of hydrogen-bond acceptors (Lipinski definition) is 6. The first kappa shape index (κ1) is 25.9. The Morgan fingerprint density at radius 3 is 2.49 bits per heavy atom. The van der Waals surface area contributed by atoms with Gasteiger partial charge in [-0.3, -0.25) is 14.3 Å². The highest BCUT2D eigenvalue weighted by Gasteiger charge is 2.33. The number of H-pyrrole nitrogens is 1. The van der Waals surface area contributed by atoms with E-state index in [0.29, 0.717) is 18.3 Å². The van der Waals surface area contributed by atoms with E-state index in [1.54, 1.807) is 18.9 Å². The molecule has 4 rings (SSSR count). The minimum atomic E-state index is -3.63. The molecule has 0 atom stereocenters. The Bertz CT molecular complexity index is 1470. The van der Waals surface area contributed by atoms with Gasteiger partial charge in [-0.2, -0.15) is 0 Å². The minimum absolute atomic E-state index is 0.00473. The van der Waals surface area contributed by atoms with Gasteiger partial charge in [0.25, 0.3) is 11.8 Å². The summed E-state index contributed by atoms with van der Waals surface area (Å²) >= 11 is 0. The highest BCUT2D eigenvalue weighted by atomic mass is 32.2. The molecule has 13 heteroatoms. The van der Waals surface area contributed by atoms with Crippen molar-refractivity contribution in [2.24, 2.45) is 0 Å². The monoisotopic (exact) mass is 533 g/mol. The van der Waals surface area contributed by atoms with E-state index in [4.69, 9.17) is 4.74 Å². The summed E-state index contributed by atoms with van der Waals surface area (Å²) in [6, 6.07) is 8.67. The molecule has 0 unspecified atom stereocenters. The zero-order chi connectivity index (χ0) is 26.9. The van der Waals surface area contributed by atoms with Crippen molar-refractivity contribution >= 4 is 38.9 Å². The van der Waals surface area contributed by atoms with E-state index in [1.807, 2.05) is 0 Å². The third-order valence-electron chi connectivity index (χ3n) is 5.60. The van der Waals surface area contributed by atoms with E-state index < -0.39 is 27.6 Å². The van der Waals surface area contributed by atoms with Crippen molar-refractivity contribution in [1.29, 1.82) is 0 Å². The van der Waals surface area contributed by atoms with Gasteiger partial charge in [0.05, 0.1) is 29.5 Å². The van der Waals surface area contributed by atoms with E-state index in [2.05, 4.69) is 15.0 Å². The van der Waals surface area contributed by atoms with Gasteiger partial charge in [0, 0.05) is 19.7 Å². The van der Waals surface area contributed by atoms with E-state index >= 15 is 0 Å². The number of rotatable bonds is 8. The van der Waals surface area contributed by atoms with Crippen LogP contribution in [0, 0.1) is 11.6 Å². The van der Waals surface area contributed by atoms with Crippen LogP contribution in [0.2, 0.25) is 0 Å². The third-order valence-corrected chi connectivity index (χ3v) is 6.91. The normalized spacial score (nSPS) is 13.4. The standard InChI is InChI=1S/C24H25F2N5O5S/c1-4-27-23(32)17-12-19-22(28-17)24(33)30(3)13-31(19)18-11-15(29-37(34,35)5-2)7-9-21(18)36-20-8-6-14(25)10-16(20)26/h6-12,28-29H,4-5,13H2,1-3H3,(H,27,32). The summed E-state index contributed by atoms with van der Waals surface area (Å²) < 4.78 is 60.5. The summed E-state index contributed by atoms with van der Waals surface area (Å²) in [4.78, 5) is 31.2. The van der Waals surface area contributed by atoms with Crippen molar-refractivity contribution < 1.29 is 31.5 Å². The first-order chi connectivity index (χ1) is 17.5. The van der Waals surface area contributed by atoms with E-state index in [-0.39, 0.29) is 52.6 Å². The molecule has 0 bridgehead atoms. The Morgan fingerprint density at radius 1 is 1.08 bits per heavy atom. The second-order valence-corrected chi connectivity index (χ2v) is 10.3. The molecule has 37 heavy (non-hydrogen) atoms. The number of ether oxygens (including phenoxy) is 1. The molecule has 1 aliphatic heterocycles. The minimum Gasteiger partial charge on any atom is -0.452 e. The van der Waals surface area contributed by atoms with Crippen LogP contribution in [0.3, 0.4) is 0 Å². The largest absolute Gasteiger partial charge is 0.452 e. The molecule has 0 spiro atoms. The molecule has 0 saturated heterocycles. The van der Waals surface area contributed by atoms with Gasteiger partial charge < -0.3 is 24.8 Å². The molecule has 0 fully saturated rings. The van der Waals surface area contributed by atoms with Gasteiger partial charge in [-0.05, 0) is 50.2 Å². The zero-order valence-corrected chi connectivity index (χ0v) is 21.1. The summed E-state index contributed by atoms with van der Waals surface area (Å²) in [5.41, 5.74) is 1.08. The molecular weight excluding hydrogens is 508 g/mol. The maximum atomic E-state index is 14.4. The number of nitrogens with zero attached hydrogens (tertiary/aromatic N) is 2. The van der Waals surface area contributed by atoms with Crippen LogP contribution in [0.4, 0.5) is 25.8 Å². The first-order valence-corrected chi connectivity index (χ1v) is 13.0. The smallest absolute Gasteiger partial charge is 0.273 e. The second-order valence-electron chi connectivity index (χ2n) is 8.24. The van der Waals surface area contributed by atoms with Gasteiger partial charge >= 0.3 is 0 Å². The summed E-state index contributed by atoms with van der Waals surface area (Å²) in [7, 11) is -2.08. The van der Waals surface area contributed by atoms with Crippen LogP contribution < -0.4 is 19.7 Å². The number of hydrogen-bond donors (Lipinski definition) is 3. The Hall–Kier alpha value is -4.13. The number of fused-ring (bicyclic) bond motifs is 1. The number of sulfonamides is 1. The Morgan fingerprint density at radius 2 is 1.81 bits per heavy atom. The molecule has 2 amide bonds. The van der Waals surface area contributed by atoms with Crippen molar-refractivity contribution in [1.82, 2.24) is 15.2 Å². The van der Waals surface area contributed by atoms with Crippen LogP contribution >= 0.6 is 0 Å². The van der Waals surface area contributed by atoms with Crippen molar-refractivity contribution in [3.8, 4) is 11.5 Å². The maximum absolute atomic E-state index is 14.4. The number of anilines is 3. The lowest BCUT2D eigenvalue weighted by molar-refractivity contribution is 0.0782. The molecule has 0 aliphatic carbocycles. The van der Waals surface area contributed by atoms with Crippen molar-refractivity contribution in [3.63, 3.8) is 0 Å². The Kier molecular flexibility index (Phi) is 7.07. The number of carbonyl (C=O) groups excluding carboxylic acids is 2. The summed E-state index contributed by atoms with van der Waals surface area (Å²) in [6.07, 6.45) is 0. The molecule has 0 saturated carbocycles. The SMILES string of the molecule is CCNC(=O)c1cc2c([nH]1)C(=O)N(C)CN2c1cc(NS(=O)(=O)CC)ccc1Oc1ccc(F)cc1F. The predicted molar refractivity (Wildman–Crippen MR) is 134 cm³/mol. The molecule has 10 nitrogen and oxygen atoms in total. The second kappa shape index (κ2) is 10.1. The molecule has 196 valence electrons. The highest BCUT2D eigenvalue weighted by molar-refractivity contribution is 7.92. The third kappa shape index (κ3) is 5.35. The van der Waals surface area contributed by atoms with Gasteiger partial charge in [-0.1, -0.05) is 0 Å². The molecule has 2 aromatic carbocycles. The van der Waals surface area contributed by atoms with Gasteiger partial charge in [-0.15, -0.1) is 0 Å². The van der Waals surface area contributed by atoms with Crippen LogP contribution in [0.1, 0.15) is 34.8 Å². The zero-order valence-electron chi connectivity index (χ0n) is 20.3. The summed E-state index contributed by atoms with van der Waals surface area (Å²) in [5.74, 6) is -2.82. The van der Waals surface area contributed by atoms with E-state index in [0.717, 1.165) is 12.1 Å². The number of nitrogens with one attached hydrogen (secondary N) is 3. The molecule has 0 radical (unpaired) electrons. The number of halogens is 2. The van der Waals surface area contributed by atoms with Crippen LogP contribution in [0.15, 0.2) is 42.5 Å². The van der Waals surface area contributed by atoms with Crippen LogP contribution in [-0.2, 0) is 10.0 Å². The number of amides is 2. The summed E-state index contributed by atoms with van der Waals surface area (Å²) in [5, 5.41) is 2.66. The van der Waals surface area contributed by atoms with Gasteiger partial charge in [0.1, 0.15) is 17.2 Å². The topological polar surface area (TPSA) is 124 Å². The average molecular weight is 534 g/mol. The molecule has 1 aromatic heterocycles. The first-order valence-electron chi connectivity index (χ1n) is 11.3. The van der Waals surface area contributed by atoms with Crippen LogP contribution in [0.25, 0.3) is 0 Å². The predicted octanol–water partition coefficient (Wildman–Crippen LogP) is 3.78. The fourth-order valence-electron chi connectivity index (χ4n) is 3.75. The number of benzene rings is 2. The number of carbonyl (C=O) groups is 2. The quantitative estimate of drug-likeness (QED) is 0.405. The lowest BCUT2D eigenvalue weighted by Crippen LogP contribution is -2.42. The van der Waals surface area contributed by atoms with Crippen molar-refractivity contribution in [2.45, 2.75) is 13.8 Å². The fraction of sp³-hybridized carbons (Fsp3) is 0.250. The fourth-order valence-corrected chi connectivity index (χ4v) is 4.38. The molecular formula is C24H25F2N5O5S. The van der Waals surface area contributed by atoms with E-state index in [1.165, 1.54) is 36.1 Å². The molecule has 3 N–H and O–H groups in total. The summed E-state index contributed by atoms with van der Waals surface area (Å²) in [6.45, 7) is 3.62.